The molecule has 2 aromatic carbocycles. The molecule has 2 amide bonds. The first kappa shape index (κ1) is 21.6. The Balaban J connectivity index is 1.38. The summed E-state index contributed by atoms with van der Waals surface area (Å²) in [4.78, 5) is 15.0. The molecule has 0 radical (unpaired) electrons. The van der Waals surface area contributed by atoms with Gasteiger partial charge in [-0.05, 0) is 68.8 Å². The molecule has 1 atom stereocenters. The van der Waals surface area contributed by atoms with Crippen molar-refractivity contribution in [3.8, 4) is 5.75 Å². The Morgan fingerprint density at radius 1 is 1.19 bits per heavy atom. The Labute approximate surface area is 181 Å². The minimum absolute atomic E-state index is 0.195. The number of benzene rings is 2. The van der Waals surface area contributed by atoms with Gasteiger partial charge in [0, 0.05) is 30.4 Å². The molecule has 166 valence electrons. The average molecular weight is 430 g/mol. The molecule has 7 heteroatoms. The van der Waals surface area contributed by atoms with Crippen LogP contribution in [0.15, 0.2) is 42.5 Å². The fourth-order valence-electron chi connectivity index (χ4n) is 4.69. The van der Waals surface area contributed by atoms with Crippen LogP contribution < -0.4 is 15.4 Å². The topological polar surface area (TPSA) is 53.6 Å². The third-order valence-corrected chi connectivity index (χ3v) is 6.49. The summed E-state index contributed by atoms with van der Waals surface area (Å²) in [5.74, 6) is -0.353. The van der Waals surface area contributed by atoms with Crippen molar-refractivity contribution in [2.24, 2.45) is 0 Å². The molecule has 5 nitrogen and oxygen atoms in total. The number of anilines is 1. The molecule has 0 spiro atoms. The van der Waals surface area contributed by atoms with Gasteiger partial charge in [0.05, 0.1) is 12.6 Å². The number of amides is 2. The van der Waals surface area contributed by atoms with Crippen LogP contribution in [0.5, 0.6) is 5.75 Å². The molecule has 1 saturated carbocycles. The van der Waals surface area contributed by atoms with Crippen LogP contribution in [0.1, 0.15) is 37.7 Å². The van der Waals surface area contributed by atoms with E-state index in [-0.39, 0.29) is 17.6 Å². The normalized spacial score (nSPS) is 20.2. The highest BCUT2D eigenvalue weighted by atomic mass is 19.1. The summed E-state index contributed by atoms with van der Waals surface area (Å²) in [7, 11) is 1.59. The minimum atomic E-state index is -0.552. The first-order chi connectivity index (χ1) is 15.0. The molecular formula is C24H29F2N3O2. The van der Waals surface area contributed by atoms with E-state index in [2.05, 4.69) is 15.5 Å². The highest BCUT2D eigenvalue weighted by Gasteiger charge is 2.42. The summed E-state index contributed by atoms with van der Waals surface area (Å²) in [6.45, 7) is 1.67. The Morgan fingerprint density at radius 2 is 2.03 bits per heavy atom. The fraction of sp³-hybridized carbons (Fsp3) is 0.458. The molecule has 1 unspecified atom stereocenters. The van der Waals surface area contributed by atoms with Crippen molar-refractivity contribution in [1.82, 2.24) is 10.2 Å². The number of halogens is 2. The van der Waals surface area contributed by atoms with Gasteiger partial charge in [0.15, 0.2) is 0 Å². The monoisotopic (exact) mass is 429 g/mol. The summed E-state index contributed by atoms with van der Waals surface area (Å²) in [5.41, 5.74) is 0.953. The van der Waals surface area contributed by atoms with Gasteiger partial charge in [-0.15, -0.1) is 0 Å². The average Bonchev–Trinajstić information content (AvgIpc) is 3.15. The molecule has 0 aromatic heterocycles. The highest BCUT2D eigenvalue weighted by molar-refractivity contribution is 5.90. The van der Waals surface area contributed by atoms with Crippen LogP contribution in [0.3, 0.4) is 0 Å². The van der Waals surface area contributed by atoms with E-state index in [1.807, 2.05) is 18.2 Å². The van der Waals surface area contributed by atoms with E-state index >= 15 is 0 Å². The second-order valence-corrected chi connectivity index (χ2v) is 8.65. The van der Waals surface area contributed by atoms with Gasteiger partial charge in [-0.25, -0.2) is 13.6 Å². The van der Waals surface area contributed by atoms with E-state index in [1.54, 1.807) is 19.2 Å². The summed E-state index contributed by atoms with van der Waals surface area (Å²) in [5, 5.41) is 6.09. The summed E-state index contributed by atoms with van der Waals surface area (Å²) < 4.78 is 32.6. The van der Waals surface area contributed by atoms with Crippen molar-refractivity contribution in [3.05, 3.63) is 59.7 Å². The van der Waals surface area contributed by atoms with Crippen molar-refractivity contribution >= 4 is 11.7 Å². The quantitative estimate of drug-likeness (QED) is 0.669. The number of carbonyl (C=O) groups excluding carboxylic acids is 1. The zero-order chi connectivity index (χ0) is 21.8. The van der Waals surface area contributed by atoms with Crippen LogP contribution in [0.2, 0.25) is 0 Å². The van der Waals surface area contributed by atoms with Gasteiger partial charge >= 0.3 is 6.03 Å². The number of nitrogens with zero attached hydrogens (tertiary/aromatic N) is 1. The number of rotatable bonds is 7. The van der Waals surface area contributed by atoms with Gasteiger partial charge in [0.25, 0.3) is 0 Å². The highest BCUT2D eigenvalue weighted by Crippen LogP contribution is 2.35. The SMILES string of the molecule is COc1cccc(NC(=O)NC2(CN3CCCC3Cc3ccc(F)cc3F)CCC2)c1. The standard InChI is InChI=1S/C24H29F2N3O2/c1-31-21-7-2-5-19(15-21)27-23(30)28-24(10-4-11-24)16-29-12-3-6-20(29)13-17-8-9-18(25)14-22(17)26/h2,5,7-9,14-15,20H,3-4,6,10-13,16H2,1H3,(H2,27,28,30). The lowest BCUT2D eigenvalue weighted by molar-refractivity contribution is 0.109. The molecule has 1 aliphatic carbocycles. The molecule has 2 fully saturated rings. The van der Waals surface area contributed by atoms with E-state index in [0.29, 0.717) is 23.4 Å². The van der Waals surface area contributed by atoms with Gasteiger partial charge < -0.3 is 15.4 Å². The number of hydrogen-bond donors (Lipinski definition) is 2. The molecule has 0 bridgehead atoms. The maximum absolute atomic E-state index is 14.1. The van der Waals surface area contributed by atoms with E-state index < -0.39 is 11.6 Å². The molecule has 1 heterocycles. The molecule has 1 aliphatic heterocycles. The van der Waals surface area contributed by atoms with Gasteiger partial charge in [-0.1, -0.05) is 12.1 Å². The van der Waals surface area contributed by atoms with Gasteiger partial charge in [0.1, 0.15) is 17.4 Å². The predicted molar refractivity (Wildman–Crippen MR) is 116 cm³/mol. The number of urea groups is 1. The molecule has 31 heavy (non-hydrogen) atoms. The molecular weight excluding hydrogens is 400 g/mol. The first-order valence-electron chi connectivity index (χ1n) is 10.9. The largest absolute Gasteiger partial charge is 0.497 e. The Morgan fingerprint density at radius 3 is 2.74 bits per heavy atom. The van der Waals surface area contributed by atoms with E-state index in [9.17, 15) is 13.6 Å². The third kappa shape index (κ3) is 5.15. The van der Waals surface area contributed by atoms with Crippen LogP contribution in [-0.2, 0) is 6.42 Å². The lowest BCUT2D eigenvalue weighted by atomic mass is 9.76. The van der Waals surface area contributed by atoms with Crippen LogP contribution >= 0.6 is 0 Å². The van der Waals surface area contributed by atoms with Gasteiger partial charge in [-0.3, -0.25) is 4.90 Å². The Kier molecular flexibility index (Phi) is 6.41. The second kappa shape index (κ2) is 9.22. The Hall–Kier alpha value is -2.67. The molecule has 1 saturated heterocycles. The molecule has 4 rings (SSSR count). The van der Waals surface area contributed by atoms with Crippen molar-refractivity contribution in [2.75, 3.05) is 25.5 Å². The van der Waals surface area contributed by atoms with E-state index in [4.69, 9.17) is 4.74 Å². The van der Waals surface area contributed by atoms with Gasteiger partial charge in [0.2, 0.25) is 0 Å². The number of methoxy groups -OCH3 is 1. The number of ether oxygens (including phenoxy) is 1. The number of carbonyl (C=O) groups is 1. The first-order valence-corrected chi connectivity index (χ1v) is 10.9. The zero-order valence-electron chi connectivity index (χ0n) is 17.8. The van der Waals surface area contributed by atoms with E-state index in [1.165, 1.54) is 6.07 Å². The second-order valence-electron chi connectivity index (χ2n) is 8.65. The smallest absolute Gasteiger partial charge is 0.319 e. The lowest BCUT2D eigenvalue weighted by Gasteiger charge is -2.46. The van der Waals surface area contributed by atoms with Crippen molar-refractivity contribution in [2.45, 2.75) is 50.1 Å². The van der Waals surface area contributed by atoms with Crippen molar-refractivity contribution in [1.29, 1.82) is 0 Å². The Bertz CT molecular complexity index is 933. The maximum atomic E-state index is 14.1. The van der Waals surface area contributed by atoms with Crippen LogP contribution in [0, 0.1) is 11.6 Å². The summed E-state index contributed by atoms with van der Waals surface area (Å²) in [6.07, 6.45) is 5.49. The third-order valence-electron chi connectivity index (χ3n) is 6.49. The van der Waals surface area contributed by atoms with Crippen LogP contribution in [0.25, 0.3) is 0 Å². The molecule has 2 aliphatic rings. The molecule has 2 aromatic rings. The van der Waals surface area contributed by atoms with Crippen LogP contribution in [0.4, 0.5) is 19.3 Å². The lowest BCUT2D eigenvalue weighted by Crippen LogP contribution is -2.61. The maximum Gasteiger partial charge on any atom is 0.319 e. The number of nitrogens with one attached hydrogen (secondary N) is 2. The number of likely N-dealkylation sites (tertiary alicyclic amines) is 1. The fourth-order valence-corrected chi connectivity index (χ4v) is 4.69. The van der Waals surface area contributed by atoms with Crippen LogP contribution in [-0.4, -0.2) is 42.7 Å². The predicted octanol–water partition coefficient (Wildman–Crippen LogP) is 4.72. The van der Waals surface area contributed by atoms with E-state index in [0.717, 1.165) is 51.3 Å². The minimum Gasteiger partial charge on any atom is -0.497 e. The van der Waals surface area contributed by atoms with Gasteiger partial charge in [-0.2, -0.15) is 0 Å². The summed E-state index contributed by atoms with van der Waals surface area (Å²) in [6, 6.07) is 11.0. The number of hydrogen-bond acceptors (Lipinski definition) is 3. The summed E-state index contributed by atoms with van der Waals surface area (Å²) >= 11 is 0. The van der Waals surface area contributed by atoms with Crippen molar-refractivity contribution < 1.29 is 18.3 Å². The van der Waals surface area contributed by atoms with Crippen molar-refractivity contribution in [3.63, 3.8) is 0 Å². The zero-order valence-corrected chi connectivity index (χ0v) is 17.8. The molecule has 2 N–H and O–H groups in total.